The van der Waals surface area contributed by atoms with Gasteiger partial charge in [0.1, 0.15) is 0 Å². The topological polar surface area (TPSA) is 32.3 Å². The molecule has 3 heteroatoms. The molecule has 1 aliphatic carbocycles. The van der Waals surface area contributed by atoms with Crippen molar-refractivity contribution in [3.8, 4) is 0 Å². The van der Waals surface area contributed by atoms with Crippen LogP contribution in [-0.2, 0) is 0 Å². The van der Waals surface area contributed by atoms with E-state index in [1.54, 1.807) is 0 Å². The van der Waals surface area contributed by atoms with Crippen LogP contribution in [0.2, 0.25) is 0 Å². The molecule has 0 aromatic heterocycles. The zero-order valence-electron chi connectivity index (χ0n) is 10.4. The van der Waals surface area contributed by atoms with Gasteiger partial charge in [-0.25, -0.2) is 4.79 Å². The minimum absolute atomic E-state index is 0.125. The smallest absolute Gasteiger partial charge is 0.317 e. The fraction of sp³-hybridized carbons (Fsp3) is 0.917. The highest BCUT2D eigenvalue weighted by molar-refractivity contribution is 5.74. The van der Waals surface area contributed by atoms with Gasteiger partial charge in [-0.1, -0.05) is 27.7 Å². The van der Waals surface area contributed by atoms with E-state index in [0.29, 0.717) is 17.9 Å². The molecule has 3 nitrogen and oxygen atoms in total. The number of urea groups is 1. The summed E-state index contributed by atoms with van der Waals surface area (Å²) in [5.74, 6) is 1.07. The first-order valence-corrected chi connectivity index (χ1v) is 6.04. The third kappa shape index (κ3) is 5.05. The number of nitrogens with zero attached hydrogens (tertiary/aromatic N) is 1. The molecule has 0 aromatic rings. The van der Waals surface area contributed by atoms with Crippen molar-refractivity contribution in [1.82, 2.24) is 10.2 Å². The monoisotopic (exact) mass is 212 g/mol. The number of rotatable bonds is 5. The van der Waals surface area contributed by atoms with Crippen molar-refractivity contribution in [3.05, 3.63) is 0 Å². The Balaban J connectivity index is 2.40. The third-order valence-electron chi connectivity index (χ3n) is 2.36. The minimum Gasteiger partial charge on any atom is -0.335 e. The van der Waals surface area contributed by atoms with E-state index >= 15 is 0 Å². The Labute approximate surface area is 93.2 Å². The molecule has 2 amide bonds. The van der Waals surface area contributed by atoms with Crippen LogP contribution in [0.25, 0.3) is 0 Å². The van der Waals surface area contributed by atoms with E-state index in [4.69, 9.17) is 0 Å². The van der Waals surface area contributed by atoms with Crippen LogP contribution in [0.15, 0.2) is 0 Å². The number of carbonyl (C=O) groups excluding carboxylic acids is 1. The second-order valence-electron chi connectivity index (χ2n) is 5.42. The van der Waals surface area contributed by atoms with Crippen molar-refractivity contribution in [2.75, 3.05) is 13.1 Å². The average Bonchev–Trinajstić information content (AvgIpc) is 2.85. The van der Waals surface area contributed by atoms with Gasteiger partial charge in [0.25, 0.3) is 0 Å². The highest BCUT2D eigenvalue weighted by Gasteiger charge is 2.26. The first-order valence-electron chi connectivity index (χ1n) is 6.04. The summed E-state index contributed by atoms with van der Waals surface area (Å²) < 4.78 is 0. The van der Waals surface area contributed by atoms with E-state index in [-0.39, 0.29) is 6.03 Å². The van der Waals surface area contributed by atoms with Gasteiger partial charge in [0.2, 0.25) is 0 Å². The summed E-state index contributed by atoms with van der Waals surface area (Å²) in [6, 6.07) is 0.583. The average molecular weight is 212 g/mol. The molecule has 0 bridgehead atoms. The standard InChI is InChI=1S/C12H24N2O/c1-9(2)7-14(8-10(3)4)12(15)13-11-5-6-11/h9-11H,5-8H2,1-4H3,(H,13,15). The quantitative estimate of drug-likeness (QED) is 0.746. The number of carbonyl (C=O) groups is 1. The molecule has 0 aliphatic heterocycles. The van der Waals surface area contributed by atoms with Crippen molar-refractivity contribution < 1.29 is 4.79 Å². The van der Waals surface area contributed by atoms with Crippen LogP contribution in [0.4, 0.5) is 4.79 Å². The van der Waals surface area contributed by atoms with Crippen LogP contribution in [0.5, 0.6) is 0 Å². The summed E-state index contributed by atoms with van der Waals surface area (Å²) in [6.07, 6.45) is 2.31. The first-order chi connectivity index (χ1) is 6.99. The molecule has 0 heterocycles. The Hall–Kier alpha value is -0.730. The summed E-state index contributed by atoms with van der Waals surface area (Å²) in [7, 11) is 0. The number of amides is 2. The molecule has 0 spiro atoms. The maximum Gasteiger partial charge on any atom is 0.317 e. The Morgan fingerprint density at radius 2 is 1.67 bits per heavy atom. The summed E-state index contributed by atoms with van der Waals surface area (Å²) in [5, 5.41) is 3.05. The van der Waals surface area contributed by atoms with E-state index in [0.717, 1.165) is 25.9 Å². The molecule has 1 aliphatic rings. The molecule has 0 atom stereocenters. The van der Waals surface area contributed by atoms with Crippen molar-refractivity contribution in [1.29, 1.82) is 0 Å². The maximum absolute atomic E-state index is 11.9. The fourth-order valence-corrected chi connectivity index (χ4v) is 1.62. The van der Waals surface area contributed by atoms with Gasteiger partial charge >= 0.3 is 6.03 Å². The zero-order valence-corrected chi connectivity index (χ0v) is 10.4. The summed E-state index contributed by atoms with van der Waals surface area (Å²) in [5.41, 5.74) is 0. The molecule has 1 rings (SSSR count). The molecule has 0 radical (unpaired) electrons. The first kappa shape index (κ1) is 12.3. The molecular formula is C12H24N2O. The van der Waals surface area contributed by atoms with Crippen molar-refractivity contribution >= 4 is 6.03 Å². The largest absolute Gasteiger partial charge is 0.335 e. The summed E-state index contributed by atoms with van der Waals surface area (Å²) in [6.45, 7) is 10.3. The maximum atomic E-state index is 11.9. The molecule has 0 unspecified atom stereocenters. The van der Waals surface area contributed by atoms with Gasteiger partial charge in [0.05, 0.1) is 0 Å². The van der Waals surface area contributed by atoms with Crippen LogP contribution < -0.4 is 5.32 Å². The lowest BCUT2D eigenvalue weighted by Crippen LogP contribution is -2.44. The molecule has 15 heavy (non-hydrogen) atoms. The normalized spacial score (nSPS) is 15.9. The van der Waals surface area contributed by atoms with E-state index in [1.807, 2.05) is 4.90 Å². The second-order valence-corrected chi connectivity index (χ2v) is 5.42. The van der Waals surface area contributed by atoms with E-state index in [9.17, 15) is 4.79 Å². The predicted octanol–water partition coefficient (Wildman–Crippen LogP) is 2.47. The summed E-state index contributed by atoms with van der Waals surface area (Å²) in [4.78, 5) is 13.8. The third-order valence-corrected chi connectivity index (χ3v) is 2.36. The number of hydrogen-bond acceptors (Lipinski definition) is 1. The van der Waals surface area contributed by atoms with Crippen LogP contribution in [0.3, 0.4) is 0 Å². The second kappa shape index (κ2) is 5.38. The molecule has 0 saturated heterocycles. The van der Waals surface area contributed by atoms with Crippen molar-refractivity contribution in [2.24, 2.45) is 11.8 Å². The van der Waals surface area contributed by atoms with Crippen LogP contribution in [0, 0.1) is 11.8 Å². The Kier molecular flexibility index (Phi) is 4.43. The van der Waals surface area contributed by atoms with E-state index < -0.39 is 0 Å². The Morgan fingerprint density at radius 3 is 2.00 bits per heavy atom. The number of nitrogens with one attached hydrogen (secondary N) is 1. The molecule has 1 fully saturated rings. The van der Waals surface area contributed by atoms with E-state index in [1.165, 1.54) is 0 Å². The number of hydrogen-bond donors (Lipinski definition) is 1. The van der Waals surface area contributed by atoms with Gasteiger partial charge < -0.3 is 10.2 Å². The zero-order chi connectivity index (χ0) is 11.4. The van der Waals surface area contributed by atoms with Crippen LogP contribution in [-0.4, -0.2) is 30.1 Å². The molecule has 0 aromatic carbocycles. The van der Waals surface area contributed by atoms with Gasteiger partial charge in [-0.2, -0.15) is 0 Å². The summed E-state index contributed by atoms with van der Waals surface area (Å²) >= 11 is 0. The van der Waals surface area contributed by atoms with Crippen molar-refractivity contribution in [3.63, 3.8) is 0 Å². The van der Waals surface area contributed by atoms with Gasteiger partial charge in [-0.15, -0.1) is 0 Å². The van der Waals surface area contributed by atoms with Gasteiger partial charge in [0, 0.05) is 19.1 Å². The van der Waals surface area contributed by atoms with Gasteiger partial charge in [0.15, 0.2) is 0 Å². The lowest BCUT2D eigenvalue weighted by atomic mass is 10.1. The van der Waals surface area contributed by atoms with Crippen LogP contribution in [0.1, 0.15) is 40.5 Å². The van der Waals surface area contributed by atoms with Crippen LogP contribution >= 0.6 is 0 Å². The molecular weight excluding hydrogens is 188 g/mol. The molecule has 88 valence electrons. The lowest BCUT2D eigenvalue weighted by Gasteiger charge is -2.26. The minimum atomic E-state index is 0.125. The highest BCUT2D eigenvalue weighted by Crippen LogP contribution is 2.19. The lowest BCUT2D eigenvalue weighted by molar-refractivity contribution is 0.183. The van der Waals surface area contributed by atoms with Gasteiger partial charge in [-0.3, -0.25) is 0 Å². The fourth-order valence-electron chi connectivity index (χ4n) is 1.62. The van der Waals surface area contributed by atoms with Crippen molar-refractivity contribution in [2.45, 2.75) is 46.6 Å². The Bertz CT molecular complexity index is 200. The molecule has 1 saturated carbocycles. The van der Waals surface area contributed by atoms with Gasteiger partial charge in [-0.05, 0) is 24.7 Å². The predicted molar refractivity (Wildman–Crippen MR) is 62.8 cm³/mol. The SMILES string of the molecule is CC(C)CN(CC(C)C)C(=O)NC1CC1. The molecule has 1 N–H and O–H groups in total. The highest BCUT2D eigenvalue weighted by atomic mass is 16.2. The Morgan fingerprint density at radius 1 is 1.20 bits per heavy atom. The van der Waals surface area contributed by atoms with E-state index in [2.05, 4.69) is 33.0 Å².